The fourth-order valence-electron chi connectivity index (χ4n) is 3.00. The van der Waals surface area contributed by atoms with Gasteiger partial charge < -0.3 is 10.7 Å². The first-order valence-electron chi connectivity index (χ1n) is 7.75. The van der Waals surface area contributed by atoms with Crippen LogP contribution in [0.2, 0.25) is 0 Å². The van der Waals surface area contributed by atoms with Gasteiger partial charge in [0.05, 0.1) is 5.69 Å². The van der Waals surface area contributed by atoms with Gasteiger partial charge in [-0.25, -0.2) is 4.98 Å². The van der Waals surface area contributed by atoms with Gasteiger partial charge in [-0.1, -0.05) is 46.3 Å². The van der Waals surface area contributed by atoms with E-state index in [1.807, 2.05) is 54.6 Å². The average molecular weight is 406 g/mol. The zero-order valence-corrected chi connectivity index (χ0v) is 15.0. The summed E-state index contributed by atoms with van der Waals surface area (Å²) in [6.07, 6.45) is 0. The molecule has 0 radical (unpaired) electrons. The molecule has 2 aromatic carbocycles. The van der Waals surface area contributed by atoms with Crippen molar-refractivity contribution in [2.24, 2.45) is 0 Å². The number of hydrogen-bond donors (Lipinski definition) is 3. The predicted octanol–water partition coefficient (Wildman–Crippen LogP) is 3.80. The fraction of sp³-hybridized carbons (Fsp3) is 0. The number of nitrogens with zero attached hydrogens (tertiary/aromatic N) is 2. The lowest BCUT2D eigenvalue weighted by Gasteiger charge is -2.07. The number of aromatic nitrogens is 3. The Labute approximate surface area is 156 Å². The van der Waals surface area contributed by atoms with E-state index in [0.29, 0.717) is 5.56 Å². The summed E-state index contributed by atoms with van der Waals surface area (Å²) in [6.45, 7) is 0. The third-order valence-corrected chi connectivity index (χ3v) is 4.65. The van der Waals surface area contributed by atoms with Crippen LogP contribution < -0.4 is 11.3 Å². The Balaban J connectivity index is 2.13. The standard InChI is InChI=1S/C19H12BrN5O/c20-11-7-5-10(6-8-11)16-15(12-3-1-2-4-14(12)23-16)17-13(9-21)18(26)25-19(22)24-17/h1-8,23H,(H3,22,24,25,26). The van der Waals surface area contributed by atoms with Crippen molar-refractivity contribution in [3.63, 3.8) is 0 Å². The van der Waals surface area contributed by atoms with E-state index in [-0.39, 0.29) is 17.2 Å². The Bertz CT molecular complexity index is 1230. The van der Waals surface area contributed by atoms with Crippen molar-refractivity contribution in [2.75, 3.05) is 5.73 Å². The highest BCUT2D eigenvalue weighted by Crippen LogP contribution is 2.38. The Morgan fingerprint density at radius 2 is 1.81 bits per heavy atom. The number of nitrogen functional groups attached to an aromatic ring is 1. The quantitative estimate of drug-likeness (QED) is 0.470. The topological polar surface area (TPSA) is 111 Å². The first-order chi connectivity index (χ1) is 12.6. The van der Waals surface area contributed by atoms with Gasteiger partial charge in [-0.05, 0) is 23.8 Å². The average Bonchev–Trinajstić information content (AvgIpc) is 3.01. The summed E-state index contributed by atoms with van der Waals surface area (Å²) >= 11 is 3.43. The smallest absolute Gasteiger partial charge is 0.270 e. The molecule has 0 saturated heterocycles. The molecule has 6 nitrogen and oxygen atoms in total. The number of anilines is 1. The molecular weight excluding hydrogens is 394 g/mol. The maximum absolute atomic E-state index is 12.2. The number of aromatic amines is 2. The van der Waals surface area contributed by atoms with Gasteiger partial charge in [0, 0.05) is 20.9 Å². The van der Waals surface area contributed by atoms with Gasteiger partial charge in [0.1, 0.15) is 17.3 Å². The highest BCUT2D eigenvalue weighted by Gasteiger charge is 2.21. The Hall–Kier alpha value is -3.37. The van der Waals surface area contributed by atoms with E-state index in [4.69, 9.17) is 5.73 Å². The lowest BCUT2D eigenvalue weighted by atomic mass is 10.00. The molecule has 126 valence electrons. The van der Waals surface area contributed by atoms with E-state index in [1.165, 1.54) is 0 Å². The molecule has 0 aliphatic carbocycles. The Kier molecular flexibility index (Phi) is 3.82. The molecule has 0 amide bonds. The van der Waals surface area contributed by atoms with Gasteiger partial charge in [0.25, 0.3) is 5.56 Å². The Morgan fingerprint density at radius 1 is 1.08 bits per heavy atom. The second-order valence-electron chi connectivity index (χ2n) is 5.71. The van der Waals surface area contributed by atoms with E-state index >= 15 is 0 Å². The number of hydrogen-bond acceptors (Lipinski definition) is 4. The van der Waals surface area contributed by atoms with E-state index < -0.39 is 5.56 Å². The monoisotopic (exact) mass is 405 g/mol. The minimum absolute atomic E-state index is 0.0314. The van der Waals surface area contributed by atoms with Crippen LogP contribution in [0.3, 0.4) is 0 Å². The van der Waals surface area contributed by atoms with Crippen LogP contribution in [-0.2, 0) is 0 Å². The molecule has 26 heavy (non-hydrogen) atoms. The molecule has 2 aromatic heterocycles. The molecule has 0 atom stereocenters. The SMILES string of the molecule is N#Cc1c(-c2c(-c3ccc(Br)cc3)[nH]c3ccccc23)nc(N)[nH]c1=O. The van der Waals surface area contributed by atoms with E-state index in [2.05, 4.69) is 30.9 Å². The summed E-state index contributed by atoms with van der Waals surface area (Å²) in [4.78, 5) is 22.2. The van der Waals surface area contributed by atoms with Crippen molar-refractivity contribution in [3.05, 3.63) is 68.9 Å². The number of nitrogens with two attached hydrogens (primary N) is 1. The van der Waals surface area contributed by atoms with Crippen LogP contribution in [-0.4, -0.2) is 15.0 Å². The van der Waals surface area contributed by atoms with Crippen LogP contribution in [0, 0.1) is 11.3 Å². The number of nitrogens with one attached hydrogen (secondary N) is 2. The van der Waals surface area contributed by atoms with Crippen molar-refractivity contribution in [1.29, 1.82) is 5.26 Å². The molecule has 0 unspecified atom stereocenters. The summed E-state index contributed by atoms with van der Waals surface area (Å²) in [5.74, 6) is -0.0314. The van der Waals surface area contributed by atoms with Crippen molar-refractivity contribution in [1.82, 2.24) is 15.0 Å². The van der Waals surface area contributed by atoms with Crippen LogP contribution in [0.4, 0.5) is 5.95 Å². The van der Waals surface area contributed by atoms with Crippen molar-refractivity contribution in [2.45, 2.75) is 0 Å². The molecule has 0 fully saturated rings. The van der Waals surface area contributed by atoms with Gasteiger partial charge in [0.2, 0.25) is 5.95 Å². The summed E-state index contributed by atoms with van der Waals surface area (Å²) < 4.78 is 0.954. The van der Waals surface area contributed by atoms with Gasteiger partial charge in [-0.15, -0.1) is 0 Å². The number of fused-ring (bicyclic) bond motifs is 1. The molecule has 7 heteroatoms. The second kappa shape index (κ2) is 6.17. The lowest BCUT2D eigenvalue weighted by Crippen LogP contribution is -2.16. The summed E-state index contributed by atoms with van der Waals surface area (Å²) in [6, 6.07) is 17.4. The first-order valence-corrected chi connectivity index (χ1v) is 8.54. The van der Waals surface area contributed by atoms with Gasteiger partial charge in [-0.3, -0.25) is 9.78 Å². The molecule has 4 aromatic rings. The second-order valence-corrected chi connectivity index (χ2v) is 6.63. The summed E-state index contributed by atoms with van der Waals surface area (Å²) in [5.41, 5.74) is 8.63. The third-order valence-electron chi connectivity index (χ3n) is 4.13. The number of H-pyrrole nitrogens is 2. The van der Waals surface area contributed by atoms with E-state index in [9.17, 15) is 10.1 Å². The molecule has 0 saturated carbocycles. The fourth-order valence-corrected chi connectivity index (χ4v) is 3.26. The van der Waals surface area contributed by atoms with Crippen LogP contribution in [0.25, 0.3) is 33.4 Å². The van der Waals surface area contributed by atoms with Crippen LogP contribution >= 0.6 is 15.9 Å². The predicted molar refractivity (Wildman–Crippen MR) is 104 cm³/mol. The Morgan fingerprint density at radius 3 is 2.54 bits per heavy atom. The van der Waals surface area contributed by atoms with Gasteiger partial charge in [0.15, 0.2) is 0 Å². The summed E-state index contributed by atoms with van der Waals surface area (Å²) in [5, 5.41) is 10.4. The zero-order chi connectivity index (χ0) is 18.3. The highest BCUT2D eigenvalue weighted by atomic mass is 79.9. The largest absolute Gasteiger partial charge is 0.369 e. The van der Waals surface area contributed by atoms with E-state index in [0.717, 1.165) is 26.6 Å². The number of nitriles is 1. The molecule has 4 N–H and O–H groups in total. The molecular formula is C19H12BrN5O. The first kappa shape index (κ1) is 16.1. The molecule has 0 aliphatic heterocycles. The lowest BCUT2D eigenvalue weighted by molar-refractivity contribution is 1.12. The van der Waals surface area contributed by atoms with Gasteiger partial charge >= 0.3 is 0 Å². The molecule has 0 spiro atoms. The molecule has 0 bridgehead atoms. The molecule has 4 rings (SSSR count). The van der Waals surface area contributed by atoms with Crippen LogP contribution in [0.1, 0.15) is 5.56 Å². The van der Waals surface area contributed by atoms with Crippen molar-refractivity contribution >= 4 is 32.8 Å². The maximum Gasteiger partial charge on any atom is 0.270 e. The van der Waals surface area contributed by atoms with Crippen LogP contribution in [0.15, 0.2) is 57.8 Å². The minimum atomic E-state index is -0.554. The third kappa shape index (κ3) is 2.57. The van der Waals surface area contributed by atoms with Gasteiger partial charge in [-0.2, -0.15) is 5.26 Å². The number of para-hydroxylation sites is 1. The summed E-state index contributed by atoms with van der Waals surface area (Å²) in [7, 11) is 0. The number of halogens is 1. The highest BCUT2D eigenvalue weighted by molar-refractivity contribution is 9.10. The van der Waals surface area contributed by atoms with E-state index in [1.54, 1.807) is 0 Å². The van der Waals surface area contributed by atoms with Crippen molar-refractivity contribution in [3.8, 4) is 28.6 Å². The molecule has 0 aliphatic rings. The normalized spacial score (nSPS) is 10.8. The number of benzene rings is 2. The maximum atomic E-state index is 12.2. The zero-order valence-electron chi connectivity index (χ0n) is 13.4. The van der Waals surface area contributed by atoms with Crippen molar-refractivity contribution < 1.29 is 0 Å². The molecule has 2 heterocycles. The minimum Gasteiger partial charge on any atom is -0.369 e. The number of rotatable bonds is 2. The van der Waals surface area contributed by atoms with Crippen LogP contribution in [0.5, 0.6) is 0 Å².